The number of hydrogen-bond donors (Lipinski definition) is 1. The Bertz CT molecular complexity index is 851. The van der Waals surface area contributed by atoms with Crippen LogP contribution in [0.4, 0.5) is 10.2 Å². The molecule has 1 aromatic heterocycles. The molecule has 134 valence electrons. The lowest BCUT2D eigenvalue weighted by molar-refractivity contribution is 0.298. The third kappa shape index (κ3) is 3.89. The van der Waals surface area contributed by atoms with E-state index in [1.807, 2.05) is 55.1 Å². The van der Waals surface area contributed by atoms with E-state index < -0.39 is 0 Å². The van der Waals surface area contributed by atoms with E-state index in [2.05, 4.69) is 9.97 Å². The summed E-state index contributed by atoms with van der Waals surface area (Å²) in [5, 5.41) is 9.20. The zero-order valence-corrected chi connectivity index (χ0v) is 14.9. The molecule has 5 heteroatoms. The molecule has 0 radical (unpaired) electrons. The predicted octanol–water partition coefficient (Wildman–Crippen LogP) is 4.16. The van der Waals surface area contributed by atoms with Crippen LogP contribution in [0.25, 0.3) is 22.4 Å². The van der Waals surface area contributed by atoms with Crippen molar-refractivity contribution in [3.05, 3.63) is 66.7 Å². The molecule has 0 aliphatic carbocycles. The zero-order chi connectivity index (χ0) is 18.5. The monoisotopic (exact) mass is 351 g/mol. The lowest BCUT2D eigenvalue weighted by atomic mass is 10.0. The molecule has 0 atom stereocenters. The van der Waals surface area contributed by atoms with Gasteiger partial charge in [-0.1, -0.05) is 36.4 Å². The highest BCUT2D eigenvalue weighted by Gasteiger charge is 2.13. The van der Waals surface area contributed by atoms with Crippen molar-refractivity contribution in [2.75, 3.05) is 18.1 Å². The van der Waals surface area contributed by atoms with Crippen molar-refractivity contribution < 1.29 is 9.50 Å². The number of aliphatic hydroxyl groups excluding tert-OH is 1. The molecule has 0 bridgehead atoms. The molecule has 0 unspecified atom stereocenters. The number of hydrogen-bond acceptors (Lipinski definition) is 4. The van der Waals surface area contributed by atoms with Gasteiger partial charge in [0.25, 0.3) is 0 Å². The summed E-state index contributed by atoms with van der Waals surface area (Å²) < 4.78 is 14.6. The minimum absolute atomic E-state index is 0.0389. The largest absolute Gasteiger partial charge is 0.395 e. The van der Waals surface area contributed by atoms with E-state index in [0.717, 1.165) is 11.1 Å². The first kappa shape index (κ1) is 18.0. The van der Waals surface area contributed by atoms with Gasteiger partial charge in [-0.15, -0.1) is 0 Å². The van der Waals surface area contributed by atoms with Crippen molar-refractivity contribution >= 4 is 5.82 Å². The molecule has 26 heavy (non-hydrogen) atoms. The minimum atomic E-state index is -0.329. The van der Waals surface area contributed by atoms with Crippen LogP contribution >= 0.6 is 0 Å². The van der Waals surface area contributed by atoms with Gasteiger partial charge in [0.15, 0.2) is 0 Å². The maximum Gasteiger partial charge on any atom is 0.147 e. The molecule has 4 nitrogen and oxygen atoms in total. The molecule has 0 fully saturated rings. The standard InChI is InChI=1S/C21H22FN3O/c1-15(2)25(10-11-26)21-14-23-20(13-24-21)18-9-8-17(12-19(18)22)16-6-4-3-5-7-16/h3-9,12-15,26H,10-11H2,1-2H3. The Hall–Kier alpha value is -2.79. The van der Waals surface area contributed by atoms with Gasteiger partial charge in [0, 0.05) is 18.2 Å². The Kier molecular flexibility index (Phi) is 5.58. The van der Waals surface area contributed by atoms with Crippen molar-refractivity contribution in [3.63, 3.8) is 0 Å². The van der Waals surface area contributed by atoms with E-state index in [4.69, 9.17) is 0 Å². The molecule has 0 saturated carbocycles. The number of rotatable bonds is 6. The number of halogens is 1. The van der Waals surface area contributed by atoms with E-state index in [1.165, 1.54) is 6.07 Å². The first-order valence-electron chi connectivity index (χ1n) is 8.65. The number of nitrogens with zero attached hydrogens (tertiary/aromatic N) is 3. The Morgan fingerprint density at radius 1 is 1.00 bits per heavy atom. The van der Waals surface area contributed by atoms with E-state index in [9.17, 15) is 9.50 Å². The molecule has 0 aliphatic heterocycles. The molecule has 3 rings (SSSR count). The van der Waals surface area contributed by atoms with Gasteiger partial charge in [0.05, 0.1) is 24.7 Å². The van der Waals surface area contributed by atoms with Crippen molar-refractivity contribution in [2.45, 2.75) is 19.9 Å². The van der Waals surface area contributed by atoms with E-state index >= 15 is 0 Å². The highest BCUT2D eigenvalue weighted by atomic mass is 19.1. The van der Waals surface area contributed by atoms with Gasteiger partial charge in [0.2, 0.25) is 0 Å². The zero-order valence-electron chi connectivity index (χ0n) is 14.9. The van der Waals surface area contributed by atoms with Crippen molar-refractivity contribution in [1.29, 1.82) is 0 Å². The maximum atomic E-state index is 14.6. The summed E-state index contributed by atoms with van der Waals surface area (Å²) in [5.41, 5.74) is 2.70. The van der Waals surface area contributed by atoms with Crippen LogP contribution in [0.5, 0.6) is 0 Å². The normalized spacial score (nSPS) is 11.0. The van der Waals surface area contributed by atoms with Crippen LogP contribution in [-0.2, 0) is 0 Å². The average molecular weight is 351 g/mol. The fraction of sp³-hybridized carbons (Fsp3) is 0.238. The summed E-state index contributed by atoms with van der Waals surface area (Å²) in [4.78, 5) is 10.7. The second-order valence-corrected chi connectivity index (χ2v) is 6.33. The fourth-order valence-corrected chi connectivity index (χ4v) is 2.89. The van der Waals surface area contributed by atoms with Crippen LogP contribution in [0.1, 0.15) is 13.8 Å². The van der Waals surface area contributed by atoms with Crippen LogP contribution in [0.3, 0.4) is 0 Å². The van der Waals surface area contributed by atoms with E-state index in [-0.39, 0.29) is 18.5 Å². The lowest BCUT2D eigenvalue weighted by Gasteiger charge is -2.26. The molecule has 0 saturated heterocycles. The highest BCUT2D eigenvalue weighted by molar-refractivity contribution is 5.69. The van der Waals surface area contributed by atoms with Crippen molar-refractivity contribution in [1.82, 2.24) is 9.97 Å². The van der Waals surface area contributed by atoms with Gasteiger partial charge < -0.3 is 10.0 Å². The molecule has 0 amide bonds. The van der Waals surface area contributed by atoms with Crippen molar-refractivity contribution in [2.24, 2.45) is 0 Å². The number of aliphatic hydroxyl groups is 1. The Balaban J connectivity index is 1.87. The first-order chi connectivity index (χ1) is 12.6. The molecular formula is C21H22FN3O. The number of benzene rings is 2. The molecule has 3 aromatic rings. The van der Waals surface area contributed by atoms with E-state index in [0.29, 0.717) is 23.6 Å². The fourth-order valence-electron chi connectivity index (χ4n) is 2.89. The summed E-state index contributed by atoms with van der Waals surface area (Å²) in [7, 11) is 0. The van der Waals surface area contributed by atoms with Crippen LogP contribution < -0.4 is 4.90 Å². The summed E-state index contributed by atoms with van der Waals surface area (Å²) in [6.45, 7) is 4.56. The van der Waals surface area contributed by atoms with Crippen LogP contribution in [-0.4, -0.2) is 34.3 Å². The lowest BCUT2D eigenvalue weighted by Crippen LogP contribution is -2.34. The average Bonchev–Trinajstić information content (AvgIpc) is 2.67. The summed E-state index contributed by atoms with van der Waals surface area (Å²) in [5.74, 6) is 0.337. The molecule has 0 spiro atoms. The molecular weight excluding hydrogens is 329 g/mol. The highest BCUT2D eigenvalue weighted by Crippen LogP contribution is 2.27. The third-order valence-electron chi connectivity index (χ3n) is 4.25. The van der Waals surface area contributed by atoms with Crippen LogP contribution in [0.15, 0.2) is 60.9 Å². The van der Waals surface area contributed by atoms with Crippen molar-refractivity contribution in [3.8, 4) is 22.4 Å². The smallest absolute Gasteiger partial charge is 0.147 e. The second kappa shape index (κ2) is 8.06. The molecule has 0 aliphatic rings. The van der Waals surface area contributed by atoms with Gasteiger partial charge in [-0.2, -0.15) is 0 Å². The van der Waals surface area contributed by atoms with E-state index in [1.54, 1.807) is 18.5 Å². The number of aromatic nitrogens is 2. The summed E-state index contributed by atoms with van der Waals surface area (Å²) in [6, 6.07) is 15.0. The van der Waals surface area contributed by atoms with Crippen LogP contribution in [0, 0.1) is 5.82 Å². The Morgan fingerprint density at radius 3 is 2.35 bits per heavy atom. The minimum Gasteiger partial charge on any atom is -0.395 e. The van der Waals surface area contributed by atoms with Gasteiger partial charge in [-0.05, 0) is 37.1 Å². The van der Waals surface area contributed by atoms with Gasteiger partial charge in [-0.3, -0.25) is 4.98 Å². The second-order valence-electron chi connectivity index (χ2n) is 6.33. The summed E-state index contributed by atoms with van der Waals surface area (Å²) in [6.07, 6.45) is 3.19. The summed E-state index contributed by atoms with van der Waals surface area (Å²) >= 11 is 0. The predicted molar refractivity (Wildman–Crippen MR) is 102 cm³/mol. The number of anilines is 1. The van der Waals surface area contributed by atoms with Gasteiger partial charge in [0.1, 0.15) is 11.6 Å². The SMILES string of the molecule is CC(C)N(CCO)c1cnc(-c2ccc(-c3ccccc3)cc2F)cn1. The molecule has 1 heterocycles. The third-order valence-corrected chi connectivity index (χ3v) is 4.25. The first-order valence-corrected chi connectivity index (χ1v) is 8.65. The Morgan fingerprint density at radius 2 is 1.77 bits per heavy atom. The molecule has 1 N–H and O–H groups in total. The van der Waals surface area contributed by atoms with Gasteiger partial charge in [-0.25, -0.2) is 9.37 Å². The topological polar surface area (TPSA) is 49.2 Å². The van der Waals surface area contributed by atoms with Crippen LogP contribution in [0.2, 0.25) is 0 Å². The van der Waals surface area contributed by atoms with Gasteiger partial charge >= 0.3 is 0 Å². The Labute approximate surface area is 153 Å². The molecule has 2 aromatic carbocycles. The maximum absolute atomic E-state index is 14.6. The quantitative estimate of drug-likeness (QED) is 0.725.